The number of anilines is 1. The summed E-state index contributed by atoms with van der Waals surface area (Å²) in [6.07, 6.45) is 2.81. The van der Waals surface area contributed by atoms with E-state index in [0.717, 1.165) is 17.8 Å². The number of nitrogens with zero attached hydrogens (tertiary/aromatic N) is 1. The molecule has 2 nitrogen and oxygen atoms in total. The molecule has 15 heavy (non-hydrogen) atoms. The monoisotopic (exact) mass is 198 g/mol. The van der Waals surface area contributed by atoms with Crippen molar-refractivity contribution in [3.8, 4) is 11.1 Å². The SMILES string of the molecule is CCc1cc(-c2ccc(N)cc2)ccn1. The highest BCUT2D eigenvalue weighted by molar-refractivity contribution is 5.65. The van der Waals surface area contributed by atoms with Crippen molar-refractivity contribution in [2.75, 3.05) is 5.73 Å². The lowest BCUT2D eigenvalue weighted by Crippen LogP contribution is -1.88. The van der Waals surface area contributed by atoms with Crippen LogP contribution in [0.1, 0.15) is 12.6 Å². The molecule has 0 amide bonds. The Balaban J connectivity index is 2.40. The van der Waals surface area contributed by atoms with Gasteiger partial charge in [-0.2, -0.15) is 0 Å². The molecule has 0 saturated carbocycles. The zero-order valence-corrected chi connectivity index (χ0v) is 8.77. The maximum atomic E-state index is 5.65. The van der Waals surface area contributed by atoms with Gasteiger partial charge in [0.05, 0.1) is 0 Å². The zero-order chi connectivity index (χ0) is 10.7. The zero-order valence-electron chi connectivity index (χ0n) is 8.77. The first kappa shape index (κ1) is 9.71. The molecule has 1 aromatic heterocycles. The van der Waals surface area contributed by atoms with Crippen molar-refractivity contribution >= 4 is 5.69 Å². The Kier molecular flexibility index (Phi) is 2.68. The van der Waals surface area contributed by atoms with Gasteiger partial charge in [-0.05, 0) is 41.8 Å². The van der Waals surface area contributed by atoms with Gasteiger partial charge in [0.25, 0.3) is 0 Å². The first-order valence-electron chi connectivity index (χ1n) is 5.10. The average Bonchev–Trinajstić information content (AvgIpc) is 2.30. The third kappa shape index (κ3) is 2.15. The second-order valence-electron chi connectivity index (χ2n) is 3.51. The Morgan fingerprint density at radius 2 is 1.80 bits per heavy atom. The standard InChI is InChI=1S/C13H14N2/c1-2-13-9-11(7-8-15-13)10-3-5-12(14)6-4-10/h3-9H,2,14H2,1H3. The van der Waals surface area contributed by atoms with Crippen molar-refractivity contribution in [1.29, 1.82) is 0 Å². The van der Waals surface area contributed by atoms with Crippen LogP contribution >= 0.6 is 0 Å². The van der Waals surface area contributed by atoms with Gasteiger partial charge in [-0.15, -0.1) is 0 Å². The summed E-state index contributed by atoms with van der Waals surface area (Å²) in [7, 11) is 0. The van der Waals surface area contributed by atoms with Crippen LogP contribution in [0.5, 0.6) is 0 Å². The topological polar surface area (TPSA) is 38.9 Å². The number of aryl methyl sites for hydroxylation is 1. The molecule has 76 valence electrons. The van der Waals surface area contributed by atoms with Crippen LogP contribution in [0, 0.1) is 0 Å². The summed E-state index contributed by atoms with van der Waals surface area (Å²) < 4.78 is 0. The normalized spacial score (nSPS) is 10.2. The maximum Gasteiger partial charge on any atom is 0.0407 e. The maximum absolute atomic E-state index is 5.65. The first-order chi connectivity index (χ1) is 7.29. The van der Waals surface area contributed by atoms with E-state index in [4.69, 9.17) is 5.73 Å². The van der Waals surface area contributed by atoms with Crippen LogP contribution in [0.4, 0.5) is 5.69 Å². The predicted octanol–water partition coefficient (Wildman–Crippen LogP) is 2.89. The molecule has 0 aliphatic carbocycles. The molecule has 0 aliphatic heterocycles. The molecule has 2 N–H and O–H groups in total. The fourth-order valence-corrected chi connectivity index (χ4v) is 1.53. The van der Waals surface area contributed by atoms with Gasteiger partial charge in [0.15, 0.2) is 0 Å². The molecule has 2 aromatic rings. The van der Waals surface area contributed by atoms with Crippen LogP contribution in [-0.4, -0.2) is 4.98 Å². The van der Waals surface area contributed by atoms with E-state index in [1.165, 1.54) is 11.1 Å². The van der Waals surface area contributed by atoms with E-state index in [1.54, 1.807) is 0 Å². The Morgan fingerprint density at radius 3 is 2.47 bits per heavy atom. The second kappa shape index (κ2) is 4.13. The Hall–Kier alpha value is -1.83. The molecule has 0 bridgehead atoms. The highest BCUT2D eigenvalue weighted by Gasteiger charge is 1.98. The third-order valence-corrected chi connectivity index (χ3v) is 2.42. The summed E-state index contributed by atoms with van der Waals surface area (Å²) in [5.74, 6) is 0. The highest BCUT2D eigenvalue weighted by atomic mass is 14.7. The third-order valence-electron chi connectivity index (χ3n) is 2.42. The minimum atomic E-state index is 0.795. The summed E-state index contributed by atoms with van der Waals surface area (Å²) in [4.78, 5) is 4.28. The molecule has 2 rings (SSSR count). The molecular weight excluding hydrogens is 184 g/mol. The number of benzene rings is 1. The van der Waals surface area contributed by atoms with Crippen LogP contribution in [0.15, 0.2) is 42.6 Å². The van der Waals surface area contributed by atoms with E-state index in [2.05, 4.69) is 18.0 Å². The quantitative estimate of drug-likeness (QED) is 0.753. The molecule has 1 aromatic carbocycles. The van der Waals surface area contributed by atoms with Gasteiger partial charge in [-0.1, -0.05) is 19.1 Å². The van der Waals surface area contributed by atoms with Crippen LogP contribution in [-0.2, 0) is 6.42 Å². The lowest BCUT2D eigenvalue weighted by atomic mass is 10.1. The summed E-state index contributed by atoms with van der Waals surface area (Å²) in [6, 6.07) is 12.0. The van der Waals surface area contributed by atoms with Crippen molar-refractivity contribution in [2.45, 2.75) is 13.3 Å². The predicted molar refractivity (Wildman–Crippen MR) is 63.5 cm³/mol. The minimum absolute atomic E-state index is 0.795. The van der Waals surface area contributed by atoms with Gasteiger partial charge in [-0.3, -0.25) is 4.98 Å². The Bertz CT molecular complexity index is 446. The smallest absolute Gasteiger partial charge is 0.0407 e. The van der Waals surface area contributed by atoms with Gasteiger partial charge < -0.3 is 5.73 Å². The van der Waals surface area contributed by atoms with Crippen molar-refractivity contribution < 1.29 is 0 Å². The van der Waals surface area contributed by atoms with Gasteiger partial charge in [-0.25, -0.2) is 0 Å². The van der Waals surface area contributed by atoms with Crippen molar-refractivity contribution in [3.63, 3.8) is 0 Å². The van der Waals surface area contributed by atoms with E-state index in [-0.39, 0.29) is 0 Å². The number of rotatable bonds is 2. The Labute approximate surface area is 89.8 Å². The lowest BCUT2D eigenvalue weighted by Gasteiger charge is -2.03. The van der Waals surface area contributed by atoms with E-state index in [1.807, 2.05) is 36.5 Å². The number of nitrogens with two attached hydrogens (primary N) is 1. The number of pyridine rings is 1. The van der Waals surface area contributed by atoms with Crippen molar-refractivity contribution in [3.05, 3.63) is 48.3 Å². The number of aromatic nitrogens is 1. The van der Waals surface area contributed by atoms with Crippen LogP contribution in [0.2, 0.25) is 0 Å². The molecule has 1 heterocycles. The number of nitrogen functional groups attached to an aromatic ring is 1. The molecule has 0 unspecified atom stereocenters. The van der Waals surface area contributed by atoms with Crippen LogP contribution in [0.25, 0.3) is 11.1 Å². The minimum Gasteiger partial charge on any atom is -0.399 e. The fraction of sp³-hybridized carbons (Fsp3) is 0.154. The van der Waals surface area contributed by atoms with E-state index >= 15 is 0 Å². The summed E-state index contributed by atoms with van der Waals surface area (Å²) in [6.45, 7) is 2.11. The van der Waals surface area contributed by atoms with E-state index in [9.17, 15) is 0 Å². The van der Waals surface area contributed by atoms with Crippen LogP contribution < -0.4 is 5.73 Å². The van der Waals surface area contributed by atoms with Crippen molar-refractivity contribution in [2.24, 2.45) is 0 Å². The molecule has 0 aliphatic rings. The molecule has 0 spiro atoms. The molecule has 0 atom stereocenters. The number of hydrogen-bond donors (Lipinski definition) is 1. The molecule has 0 fully saturated rings. The summed E-state index contributed by atoms with van der Waals surface area (Å²) in [5.41, 5.74) is 9.94. The average molecular weight is 198 g/mol. The highest BCUT2D eigenvalue weighted by Crippen LogP contribution is 2.20. The Morgan fingerprint density at radius 1 is 1.07 bits per heavy atom. The second-order valence-corrected chi connectivity index (χ2v) is 3.51. The van der Waals surface area contributed by atoms with Crippen LogP contribution in [0.3, 0.4) is 0 Å². The fourth-order valence-electron chi connectivity index (χ4n) is 1.53. The van der Waals surface area contributed by atoms with Crippen molar-refractivity contribution in [1.82, 2.24) is 4.98 Å². The van der Waals surface area contributed by atoms with Gasteiger partial charge in [0.2, 0.25) is 0 Å². The lowest BCUT2D eigenvalue weighted by molar-refractivity contribution is 1.04. The first-order valence-corrected chi connectivity index (χ1v) is 5.10. The molecule has 0 saturated heterocycles. The molecule has 0 radical (unpaired) electrons. The molecule has 2 heteroatoms. The van der Waals surface area contributed by atoms with Gasteiger partial charge >= 0.3 is 0 Å². The molecular formula is C13H14N2. The summed E-state index contributed by atoms with van der Waals surface area (Å²) >= 11 is 0. The van der Waals surface area contributed by atoms with E-state index < -0.39 is 0 Å². The summed E-state index contributed by atoms with van der Waals surface area (Å²) in [5, 5.41) is 0. The largest absolute Gasteiger partial charge is 0.399 e. The van der Waals surface area contributed by atoms with E-state index in [0.29, 0.717) is 0 Å². The van der Waals surface area contributed by atoms with Gasteiger partial charge in [0.1, 0.15) is 0 Å². The van der Waals surface area contributed by atoms with Gasteiger partial charge in [0, 0.05) is 17.6 Å². The number of hydrogen-bond acceptors (Lipinski definition) is 2.